The lowest BCUT2D eigenvalue weighted by Crippen LogP contribution is -2.16. The first-order chi connectivity index (χ1) is 10.9. The predicted octanol–water partition coefficient (Wildman–Crippen LogP) is 4.64. The van der Waals surface area contributed by atoms with Gasteiger partial charge in [-0.3, -0.25) is 4.79 Å². The van der Waals surface area contributed by atoms with Crippen molar-refractivity contribution in [2.24, 2.45) is 0 Å². The minimum Gasteiger partial charge on any atom is -0.482 e. The van der Waals surface area contributed by atoms with E-state index in [1.807, 2.05) is 13.8 Å². The molecule has 2 aromatic heterocycles. The Morgan fingerprint density at radius 3 is 2.83 bits per heavy atom. The fourth-order valence-electron chi connectivity index (χ4n) is 2.28. The van der Waals surface area contributed by atoms with Crippen molar-refractivity contribution in [1.82, 2.24) is 9.97 Å². The van der Waals surface area contributed by atoms with Gasteiger partial charge in [-0.25, -0.2) is 9.37 Å². The number of H-pyrrole nitrogens is 1. The van der Waals surface area contributed by atoms with E-state index in [1.165, 1.54) is 29.5 Å². The number of benzene rings is 1. The van der Waals surface area contributed by atoms with Crippen molar-refractivity contribution >= 4 is 37.5 Å². The van der Waals surface area contributed by atoms with Gasteiger partial charge in [-0.05, 0) is 60.5 Å². The van der Waals surface area contributed by atoms with Gasteiger partial charge >= 0.3 is 0 Å². The molecule has 7 heteroatoms. The van der Waals surface area contributed by atoms with E-state index in [2.05, 4.69) is 25.9 Å². The average Bonchev–Trinajstić information content (AvgIpc) is 2.77. The molecule has 1 N–H and O–H groups in total. The van der Waals surface area contributed by atoms with Crippen molar-refractivity contribution in [2.45, 2.75) is 26.9 Å². The van der Waals surface area contributed by atoms with Gasteiger partial charge in [-0.15, -0.1) is 11.3 Å². The van der Waals surface area contributed by atoms with Crippen LogP contribution in [-0.4, -0.2) is 9.97 Å². The second kappa shape index (κ2) is 6.05. The summed E-state index contributed by atoms with van der Waals surface area (Å²) in [5, 5.41) is 0.631. The van der Waals surface area contributed by atoms with Crippen LogP contribution in [0.5, 0.6) is 5.75 Å². The fourth-order valence-corrected chi connectivity index (χ4v) is 3.76. The van der Waals surface area contributed by atoms with Crippen molar-refractivity contribution < 1.29 is 9.13 Å². The number of hydrogen-bond donors (Lipinski definition) is 1. The van der Waals surface area contributed by atoms with Crippen LogP contribution < -0.4 is 10.3 Å². The van der Waals surface area contributed by atoms with Crippen LogP contribution in [-0.2, 0) is 0 Å². The van der Waals surface area contributed by atoms with Crippen molar-refractivity contribution in [3.63, 3.8) is 0 Å². The van der Waals surface area contributed by atoms with E-state index in [1.54, 1.807) is 6.92 Å². The molecule has 0 unspecified atom stereocenters. The largest absolute Gasteiger partial charge is 0.482 e. The Morgan fingerprint density at radius 2 is 2.13 bits per heavy atom. The lowest BCUT2D eigenvalue weighted by molar-refractivity contribution is 0.215. The summed E-state index contributed by atoms with van der Waals surface area (Å²) >= 11 is 4.75. The molecule has 0 radical (unpaired) electrons. The third-order valence-corrected chi connectivity index (χ3v) is 5.36. The first-order valence-corrected chi connectivity index (χ1v) is 8.59. The highest BCUT2D eigenvalue weighted by atomic mass is 79.9. The van der Waals surface area contributed by atoms with Gasteiger partial charge in [0.25, 0.3) is 5.56 Å². The number of nitrogens with zero attached hydrogens (tertiary/aromatic N) is 1. The maximum absolute atomic E-state index is 13.1. The number of rotatable bonds is 3. The van der Waals surface area contributed by atoms with E-state index in [0.29, 0.717) is 26.3 Å². The molecule has 120 valence electrons. The van der Waals surface area contributed by atoms with Gasteiger partial charge in [0, 0.05) is 4.88 Å². The number of halogens is 2. The van der Waals surface area contributed by atoms with Gasteiger partial charge in [-0.1, -0.05) is 0 Å². The maximum Gasteiger partial charge on any atom is 0.260 e. The van der Waals surface area contributed by atoms with Crippen LogP contribution in [0.2, 0.25) is 0 Å². The van der Waals surface area contributed by atoms with E-state index in [-0.39, 0.29) is 11.4 Å². The maximum atomic E-state index is 13.1. The van der Waals surface area contributed by atoms with Crippen molar-refractivity contribution in [3.05, 3.63) is 55.1 Å². The molecule has 0 spiro atoms. The summed E-state index contributed by atoms with van der Waals surface area (Å²) in [6.45, 7) is 5.67. The SMILES string of the molecule is Cc1sc2nc([C@@H](C)Oc3ccc(F)cc3Br)[nH]c(=O)c2c1C. The zero-order valence-corrected chi connectivity index (χ0v) is 15.1. The highest BCUT2D eigenvalue weighted by Gasteiger charge is 2.17. The summed E-state index contributed by atoms with van der Waals surface area (Å²) in [5.74, 6) is 0.578. The topological polar surface area (TPSA) is 55.0 Å². The monoisotopic (exact) mass is 396 g/mol. The Bertz CT molecular complexity index is 951. The normalized spacial score (nSPS) is 12.6. The highest BCUT2D eigenvalue weighted by molar-refractivity contribution is 9.10. The zero-order valence-electron chi connectivity index (χ0n) is 12.7. The van der Waals surface area contributed by atoms with Gasteiger partial charge in [-0.2, -0.15) is 0 Å². The summed E-state index contributed by atoms with van der Waals surface area (Å²) in [4.78, 5) is 21.4. The van der Waals surface area contributed by atoms with E-state index in [9.17, 15) is 9.18 Å². The van der Waals surface area contributed by atoms with Gasteiger partial charge < -0.3 is 9.72 Å². The van der Waals surface area contributed by atoms with Crippen LogP contribution in [0.1, 0.15) is 29.3 Å². The number of ether oxygens (including phenoxy) is 1. The molecular formula is C16H14BrFN2O2S. The molecule has 0 aliphatic carbocycles. The van der Waals surface area contributed by atoms with Crippen molar-refractivity contribution in [1.29, 1.82) is 0 Å². The first kappa shape index (κ1) is 16.1. The molecule has 3 rings (SSSR count). The standard InChI is InChI=1S/C16H14BrFN2O2S/c1-7-9(3)23-16-13(7)15(21)19-14(20-16)8(2)22-12-5-4-10(18)6-11(12)17/h4-6,8H,1-3H3,(H,19,20,21)/t8-/m1/s1. The number of aromatic amines is 1. The Balaban J connectivity index is 1.98. The predicted molar refractivity (Wildman–Crippen MR) is 92.9 cm³/mol. The summed E-state index contributed by atoms with van der Waals surface area (Å²) in [5.41, 5.74) is 0.792. The summed E-state index contributed by atoms with van der Waals surface area (Å²) in [6.07, 6.45) is -0.475. The summed E-state index contributed by atoms with van der Waals surface area (Å²) in [6, 6.07) is 4.18. The molecule has 0 bridgehead atoms. The first-order valence-electron chi connectivity index (χ1n) is 6.98. The third kappa shape index (κ3) is 3.03. The van der Waals surface area contributed by atoms with Crippen LogP contribution >= 0.6 is 27.3 Å². The number of thiophene rings is 1. The Kier molecular flexibility index (Phi) is 4.25. The van der Waals surface area contributed by atoms with Crippen LogP contribution in [0.3, 0.4) is 0 Å². The van der Waals surface area contributed by atoms with Crippen molar-refractivity contribution in [3.8, 4) is 5.75 Å². The zero-order chi connectivity index (χ0) is 16.7. The van der Waals surface area contributed by atoms with Crippen LogP contribution in [0.15, 0.2) is 27.5 Å². The molecule has 1 atom stereocenters. The molecule has 4 nitrogen and oxygen atoms in total. The highest BCUT2D eigenvalue weighted by Crippen LogP contribution is 2.30. The van der Waals surface area contributed by atoms with Gasteiger partial charge in [0.1, 0.15) is 16.4 Å². The summed E-state index contributed by atoms with van der Waals surface area (Å²) in [7, 11) is 0. The van der Waals surface area contributed by atoms with E-state index >= 15 is 0 Å². The number of hydrogen-bond acceptors (Lipinski definition) is 4. The van der Waals surface area contributed by atoms with Gasteiger partial charge in [0.2, 0.25) is 0 Å². The average molecular weight is 397 g/mol. The second-order valence-corrected chi connectivity index (χ2v) is 7.31. The van der Waals surface area contributed by atoms with Crippen LogP contribution in [0, 0.1) is 19.7 Å². The molecule has 2 heterocycles. The Morgan fingerprint density at radius 1 is 1.39 bits per heavy atom. The van der Waals surface area contributed by atoms with E-state index < -0.39 is 6.10 Å². The molecule has 3 aromatic rings. The fraction of sp³-hybridized carbons (Fsp3) is 0.250. The van der Waals surface area contributed by atoms with Crippen molar-refractivity contribution in [2.75, 3.05) is 0 Å². The lowest BCUT2D eigenvalue weighted by atomic mass is 10.2. The Hall–Kier alpha value is -1.73. The molecule has 0 aliphatic heterocycles. The van der Waals surface area contributed by atoms with E-state index in [4.69, 9.17) is 4.74 Å². The van der Waals surface area contributed by atoms with Crippen LogP contribution in [0.4, 0.5) is 4.39 Å². The smallest absolute Gasteiger partial charge is 0.260 e. The van der Waals surface area contributed by atoms with Gasteiger partial charge in [0.05, 0.1) is 9.86 Å². The number of fused-ring (bicyclic) bond motifs is 1. The molecule has 23 heavy (non-hydrogen) atoms. The molecule has 0 saturated carbocycles. The second-order valence-electron chi connectivity index (χ2n) is 5.25. The number of nitrogens with one attached hydrogen (secondary N) is 1. The minimum atomic E-state index is -0.475. The van der Waals surface area contributed by atoms with Crippen LogP contribution in [0.25, 0.3) is 10.2 Å². The molecule has 0 fully saturated rings. The molecule has 1 aromatic carbocycles. The Labute approximate surface area is 144 Å². The molecule has 0 aliphatic rings. The third-order valence-electron chi connectivity index (χ3n) is 3.64. The number of aryl methyl sites for hydroxylation is 2. The van der Waals surface area contributed by atoms with E-state index in [0.717, 1.165) is 10.4 Å². The number of aromatic nitrogens is 2. The van der Waals surface area contributed by atoms with Gasteiger partial charge in [0.15, 0.2) is 11.9 Å². The lowest BCUT2D eigenvalue weighted by Gasteiger charge is -2.15. The quantitative estimate of drug-likeness (QED) is 0.701. The summed E-state index contributed by atoms with van der Waals surface area (Å²) < 4.78 is 19.4. The molecule has 0 saturated heterocycles. The molecule has 0 amide bonds. The molecular weight excluding hydrogens is 383 g/mol. The minimum absolute atomic E-state index is 0.166.